The molecule has 0 aromatic heterocycles. The zero-order chi connectivity index (χ0) is 21.0. The molecule has 0 fully saturated rings. The minimum Gasteiger partial charge on any atom is -0.358 e. The molecular weight excluding hydrogens is 352 g/mol. The summed E-state index contributed by atoms with van der Waals surface area (Å²) in [5.74, 6) is 0. The molecule has 2 heteroatoms. The largest absolute Gasteiger partial charge is 0.358 e. The third kappa shape index (κ3) is 4.44. The van der Waals surface area contributed by atoms with Gasteiger partial charge in [-0.15, -0.1) is 0 Å². The number of anilines is 1. The van der Waals surface area contributed by atoms with Crippen LogP contribution >= 0.6 is 0 Å². The highest BCUT2D eigenvalue weighted by Crippen LogP contribution is 2.43. The Morgan fingerprint density at radius 2 is 1.62 bits per heavy atom. The van der Waals surface area contributed by atoms with E-state index in [2.05, 4.69) is 79.6 Å². The first-order valence-electron chi connectivity index (χ1n) is 10.2. The van der Waals surface area contributed by atoms with Crippen molar-refractivity contribution >= 4 is 11.8 Å². The van der Waals surface area contributed by atoms with E-state index in [4.69, 9.17) is 0 Å². The van der Waals surface area contributed by atoms with E-state index in [9.17, 15) is 0 Å². The van der Waals surface area contributed by atoms with Gasteiger partial charge in [-0.2, -0.15) is 0 Å². The Labute approximate surface area is 176 Å². The summed E-state index contributed by atoms with van der Waals surface area (Å²) >= 11 is 0. The maximum atomic E-state index is 4.19. The minimum absolute atomic E-state index is 0.415. The highest BCUT2D eigenvalue weighted by atomic mass is 15.3. The molecule has 1 heterocycles. The predicted molar refractivity (Wildman–Crippen MR) is 128 cm³/mol. The summed E-state index contributed by atoms with van der Waals surface area (Å²) in [4.78, 5) is 5.04. The first kappa shape index (κ1) is 20.9. The molecule has 0 amide bonds. The second-order valence-electron chi connectivity index (χ2n) is 7.82. The van der Waals surface area contributed by atoms with Gasteiger partial charge in [0.25, 0.3) is 0 Å². The van der Waals surface area contributed by atoms with Gasteiger partial charge in [-0.25, -0.2) is 0 Å². The lowest BCUT2D eigenvalue weighted by Crippen LogP contribution is -2.46. The molecule has 0 saturated heterocycles. The van der Waals surface area contributed by atoms with Gasteiger partial charge in [0.05, 0.1) is 6.67 Å². The first-order valence-corrected chi connectivity index (χ1v) is 10.2. The zero-order valence-corrected chi connectivity index (χ0v) is 17.5. The van der Waals surface area contributed by atoms with Crippen molar-refractivity contribution in [1.82, 2.24) is 4.90 Å². The number of rotatable bonds is 10. The fraction of sp³-hybridized carbons (Fsp3) is 0.259. The topological polar surface area (TPSA) is 6.48 Å². The fourth-order valence-corrected chi connectivity index (χ4v) is 4.10. The van der Waals surface area contributed by atoms with Crippen LogP contribution in [0.15, 0.2) is 98.2 Å². The van der Waals surface area contributed by atoms with Crippen molar-refractivity contribution in [2.24, 2.45) is 0 Å². The molecule has 1 aromatic carbocycles. The van der Waals surface area contributed by atoms with Crippen molar-refractivity contribution in [3.8, 4) is 0 Å². The molecule has 1 aliphatic heterocycles. The summed E-state index contributed by atoms with van der Waals surface area (Å²) < 4.78 is 0. The monoisotopic (exact) mass is 384 g/mol. The quantitative estimate of drug-likeness (QED) is 0.419. The van der Waals surface area contributed by atoms with Gasteiger partial charge in [0.15, 0.2) is 0 Å². The number of nitrogens with zero attached hydrogens (tertiary/aromatic N) is 2. The van der Waals surface area contributed by atoms with Gasteiger partial charge < -0.3 is 4.90 Å². The summed E-state index contributed by atoms with van der Waals surface area (Å²) in [6.45, 7) is 26.8. The minimum atomic E-state index is 0.415. The number of hydrogen-bond donors (Lipinski definition) is 0. The van der Waals surface area contributed by atoms with Crippen LogP contribution in [0.1, 0.15) is 36.4 Å². The normalized spacial score (nSPS) is 17.4. The molecule has 0 saturated carbocycles. The summed E-state index contributed by atoms with van der Waals surface area (Å²) in [5.41, 5.74) is 8.09. The van der Waals surface area contributed by atoms with Crippen LogP contribution < -0.4 is 4.90 Å². The lowest BCUT2D eigenvalue weighted by atomic mass is 9.87. The van der Waals surface area contributed by atoms with Crippen molar-refractivity contribution in [3.05, 3.63) is 109 Å². The van der Waals surface area contributed by atoms with Crippen LogP contribution in [0.4, 0.5) is 5.69 Å². The van der Waals surface area contributed by atoms with Crippen molar-refractivity contribution < 1.29 is 0 Å². The molecule has 1 atom stereocenters. The molecule has 3 rings (SSSR count). The zero-order valence-electron chi connectivity index (χ0n) is 17.5. The van der Waals surface area contributed by atoms with Crippen molar-refractivity contribution in [2.45, 2.75) is 25.3 Å². The SMILES string of the molecule is C=CC(=C)C(=C)CCN1CN(CCC(=C)C(=C)C=C)C2CC=Cc3cccc1c32. The maximum Gasteiger partial charge on any atom is 0.0712 e. The molecule has 2 aliphatic rings. The predicted octanol–water partition coefficient (Wildman–Crippen LogP) is 6.60. The second-order valence-corrected chi connectivity index (χ2v) is 7.82. The van der Waals surface area contributed by atoms with Crippen molar-refractivity contribution in [2.75, 3.05) is 24.7 Å². The van der Waals surface area contributed by atoms with Crippen LogP contribution in [0.5, 0.6) is 0 Å². The molecule has 0 bridgehead atoms. The van der Waals surface area contributed by atoms with Crippen molar-refractivity contribution in [1.29, 1.82) is 0 Å². The third-order valence-corrected chi connectivity index (χ3v) is 6.03. The molecule has 1 unspecified atom stereocenters. The average Bonchev–Trinajstić information content (AvgIpc) is 2.76. The lowest BCUT2D eigenvalue weighted by molar-refractivity contribution is 0.187. The molecule has 0 radical (unpaired) electrons. The summed E-state index contributed by atoms with van der Waals surface area (Å²) in [6, 6.07) is 7.06. The van der Waals surface area contributed by atoms with Gasteiger partial charge in [0, 0.05) is 30.4 Å². The van der Waals surface area contributed by atoms with E-state index < -0.39 is 0 Å². The van der Waals surface area contributed by atoms with Gasteiger partial charge >= 0.3 is 0 Å². The molecule has 0 spiro atoms. The Balaban J connectivity index is 1.83. The second kappa shape index (κ2) is 9.11. The van der Waals surface area contributed by atoms with E-state index in [1.807, 2.05) is 0 Å². The van der Waals surface area contributed by atoms with Crippen LogP contribution in [0.2, 0.25) is 0 Å². The Bertz CT molecular complexity index is 899. The number of allylic oxidation sites excluding steroid dienone is 4. The highest BCUT2D eigenvalue weighted by Gasteiger charge is 2.33. The standard InChI is InChI=1S/C27H32N2/c1-7-20(3)22(5)15-17-28-19-29(18-16-23(6)21(4)8-2)26-14-10-12-24-11-9-13-25(28)27(24)26/h7-13,26H,1-6,14-19H2. The molecule has 0 N–H and O–H groups in total. The van der Waals surface area contributed by atoms with Crippen LogP contribution in [-0.2, 0) is 0 Å². The third-order valence-electron chi connectivity index (χ3n) is 6.03. The fourth-order valence-electron chi connectivity index (χ4n) is 4.10. The molecule has 1 aliphatic carbocycles. The summed E-state index contributed by atoms with van der Waals surface area (Å²) in [6.07, 6.45) is 11.0. The summed E-state index contributed by atoms with van der Waals surface area (Å²) in [5, 5.41) is 0. The maximum absolute atomic E-state index is 4.19. The van der Waals surface area contributed by atoms with Gasteiger partial charge in [-0.05, 0) is 53.2 Å². The van der Waals surface area contributed by atoms with E-state index in [0.29, 0.717) is 6.04 Å². The number of benzene rings is 1. The Hall–Kier alpha value is -2.84. The molecule has 1 aromatic rings. The highest BCUT2D eigenvalue weighted by molar-refractivity contribution is 5.69. The summed E-state index contributed by atoms with van der Waals surface area (Å²) in [7, 11) is 0. The van der Waals surface area contributed by atoms with Crippen LogP contribution in [0, 0.1) is 0 Å². The number of hydrogen-bond acceptors (Lipinski definition) is 2. The Morgan fingerprint density at radius 1 is 0.966 bits per heavy atom. The van der Waals surface area contributed by atoms with Gasteiger partial charge in [0.1, 0.15) is 0 Å². The molecule has 2 nitrogen and oxygen atoms in total. The smallest absolute Gasteiger partial charge is 0.0712 e. The van der Waals surface area contributed by atoms with Gasteiger partial charge in [-0.1, -0.05) is 75.9 Å². The van der Waals surface area contributed by atoms with E-state index in [1.165, 1.54) is 16.8 Å². The molecule has 150 valence electrons. The Kier molecular flexibility index (Phi) is 6.56. The molecule has 29 heavy (non-hydrogen) atoms. The van der Waals surface area contributed by atoms with Gasteiger partial charge in [-0.3, -0.25) is 4.90 Å². The Morgan fingerprint density at radius 3 is 2.28 bits per heavy atom. The van der Waals surface area contributed by atoms with Crippen LogP contribution in [0.3, 0.4) is 0 Å². The van der Waals surface area contributed by atoms with Crippen molar-refractivity contribution in [3.63, 3.8) is 0 Å². The van der Waals surface area contributed by atoms with E-state index >= 15 is 0 Å². The van der Waals surface area contributed by atoms with Gasteiger partial charge in [0.2, 0.25) is 0 Å². The van der Waals surface area contributed by atoms with E-state index in [0.717, 1.165) is 61.3 Å². The average molecular weight is 385 g/mol. The van der Waals surface area contributed by atoms with E-state index in [1.54, 1.807) is 12.2 Å². The molecular formula is C27H32N2. The van der Waals surface area contributed by atoms with E-state index in [-0.39, 0.29) is 0 Å². The lowest BCUT2D eigenvalue weighted by Gasteiger charge is -2.45. The van der Waals surface area contributed by atoms with Crippen LogP contribution in [-0.4, -0.2) is 24.7 Å². The van der Waals surface area contributed by atoms with Crippen LogP contribution in [0.25, 0.3) is 6.08 Å². The first-order chi connectivity index (χ1) is 14.0.